The zero-order chi connectivity index (χ0) is 10.0. The molecule has 1 aliphatic heterocycles. The molecule has 3 nitrogen and oxygen atoms in total. The maximum absolute atomic E-state index is 11.5. The second-order valence-electron chi connectivity index (χ2n) is 3.73. The lowest BCUT2D eigenvalue weighted by atomic mass is 9.85. The van der Waals surface area contributed by atoms with Crippen molar-refractivity contribution in [2.24, 2.45) is 11.8 Å². The van der Waals surface area contributed by atoms with E-state index in [0.29, 0.717) is 0 Å². The van der Waals surface area contributed by atoms with Gasteiger partial charge in [-0.2, -0.15) is 5.26 Å². The van der Waals surface area contributed by atoms with E-state index < -0.39 is 0 Å². The fourth-order valence-corrected chi connectivity index (χ4v) is 2.02. The zero-order valence-corrected chi connectivity index (χ0v) is 8.28. The van der Waals surface area contributed by atoms with Crippen molar-refractivity contribution in [3.63, 3.8) is 0 Å². The number of Topliss-reactive ketones (excluding diaryl/α,β-unsaturated/α-hetero) is 1. The van der Waals surface area contributed by atoms with Gasteiger partial charge in [0.2, 0.25) is 0 Å². The number of nitrogens with zero attached hydrogens (tertiary/aromatic N) is 1. The monoisotopic (exact) mass is 181 g/mol. The van der Waals surface area contributed by atoms with E-state index in [2.05, 4.69) is 0 Å². The van der Waals surface area contributed by atoms with Gasteiger partial charge >= 0.3 is 0 Å². The summed E-state index contributed by atoms with van der Waals surface area (Å²) in [6, 6.07) is 1.90. The van der Waals surface area contributed by atoms with Crippen LogP contribution in [0.1, 0.15) is 27.2 Å². The summed E-state index contributed by atoms with van der Waals surface area (Å²) in [7, 11) is 0. The topological polar surface area (TPSA) is 50.1 Å². The zero-order valence-electron chi connectivity index (χ0n) is 8.28. The Balaban J connectivity index is 2.69. The molecule has 1 aliphatic rings. The number of carbonyl (C=O) groups excluding carboxylic acids is 1. The van der Waals surface area contributed by atoms with Gasteiger partial charge in [-0.05, 0) is 19.8 Å². The van der Waals surface area contributed by atoms with Crippen LogP contribution in [-0.4, -0.2) is 18.0 Å². The molecule has 0 aliphatic carbocycles. The van der Waals surface area contributed by atoms with Crippen LogP contribution < -0.4 is 0 Å². The van der Waals surface area contributed by atoms with Crippen LogP contribution in [0.4, 0.5) is 0 Å². The Labute approximate surface area is 78.7 Å². The fourth-order valence-electron chi connectivity index (χ4n) is 2.02. The van der Waals surface area contributed by atoms with Crippen LogP contribution in [-0.2, 0) is 9.53 Å². The molecule has 3 heteroatoms. The van der Waals surface area contributed by atoms with Gasteiger partial charge in [0.15, 0.2) is 5.78 Å². The Morgan fingerprint density at radius 1 is 1.38 bits per heavy atom. The van der Waals surface area contributed by atoms with Crippen LogP contribution in [0.25, 0.3) is 0 Å². The number of ketones is 1. The normalized spacial score (nSPS) is 38.6. The van der Waals surface area contributed by atoms with Gasteiger partial charge in [0.05, 0.1) is 24.7 Å². The Morgan fingerprint density at radius 3 is 2.38 bits per heavy atom. The number of carbonyl (C=O) groups is 1. The van der Waals surface area contributed by atoms with E-state index in [9.17, 15) is 4.79 Å². The molecule has 72 valence electrons. The van der Waals surface area contributed by atoms with E-state index in [-0.39, 0.29) is 36.2 Å². The first-order valence-electron chi connectivity index (χ1n) is 4.63. The van der Waals surface area contributed by atoms with Gasteiger partial charge in [0.1, 0.15) is 0 Å². The Bertz CT molecular complexity index is 244. The first-order chi connectivity index (χ1) is 6.07. The summed E-state index contributed by atoms with van der Waals surface area (Å²) >= 11 is 0. The summed E-state index contributed by atoms with van der Waals surface area (Å²) in [6.07, 6.45) is 0.101. The van der Waals surface area contributed by atoms with Crippen molar-refractivity contribution in [3.8, 4) is 6.07 Å². The van der Waals surface area contributed by atoms with Gasteiger partial charge in [-0.25, -0.2) is 0 Å². The third kappa shape index (κ3) is 1.89. The summed E-state index contributed by atoms with van der Waals surface area (Å²) in [4.78, 5) is 11.5. The van der Waals surface area contributed by atoms with E-state index in [1.165, 1.54) is 0 Å². The molecule has 0 radical (unpaired) electrons. The Morgan fingerprint density at radius 2 is 2.00 bits per heavy atom. The number of hydrogen-bond donors (Lipinski definition) is 0. The predicted molar refractivity (Wildman–Crippen MR) is 47.9 cm³/mol. The molecule has 0 aromatic heterocycles. The first-order valence-corrected chi connectivity index (χ1v) is 4.63. The average Bonchev–Trinajstić information content (AvgIpc) is 2.27. The quantitative estimate of drug-likeness (QED) is 0.649. The Hall–Kier alpha value is -0.880. The summed E-state index contributed by atoms with van der Waals surface area (Å²) < 4.78 is 5.52. The van der Waals surface area contributed by atoms with Crippen molar-refractivity contribution in [3.05, 3.63) is 0 Å². The molecule has 4 unspecified atom stereocenters. The van der Waals surface area contributed by atoms with Gasteiger partial charge in [-0.3, -0.25) is 4.79 Å². The van der Waals surface area contributed by atoms with Gasteiger partial charge < -0.3 is 4.74 Å². The maximum atomic E-state index is 11.5. The summed E-state index contributed by atoms with van der Waals surface area (Å²) in [5, 5.41) is 8.42. The van der Waals surface area contributed by atoms with Gasteiger partial charge in [0, 0.05) is 5.92 Å². The minimum Gasteiger partial charge on any atom is -0.375 e. The number of hydrogen-bond acceptors (Lipinski definition) is 3. The Kier molecular flexibility index (Phi) is 3.05. The molecule has 0 amide bonds. The van der Waals surface area contributed by atoms with Crippen molar-refractivity contribution in [2.75, 3.05) is 0 Å². The third-order valence-corrected chi connectivity index (χ3v) is 2.87. The lowest BCUT2D eigenvalue weighted by Gasteiger charge is -2.14. The van der Waals surface area contributed by atoms with E-state index in [4.69, 9.17) is 10.00 Å². The maximum Gasteiger partial charge on any atom is 0.152 e. The highest BCUT2D eigenvalue weighted by Gasteiger charge is 2.40. The van der Waals surface area contributed by atoms with Crippen molar-refractivity contribution in [1.82, 2.24) is 0 Å². The van der Waals surface area contributed by atoms with Crippen LogP contribution in [0.3, 0.4) is 0 Å². The van der Waals surface area contributed by atoms with Crippen molar-refractivity contribution < 1.29 is 9.53 Å². The average molecular weight is 181 g/mol. The molecule has 0 aromatic carbocycles. The molecular weight excluding hydrogens is 166 g/mol. The van der Waals surface area contributed by atoms with E-state index >= 15 is 0 Å². The van der Waals surface area contributed by atoms with Crippen molar-refractivity contribution >= 4 is 5.78 Å². The summed E-state index contributed by atoms with van der Waals surface area (Å²) in [5.74, 6) is 0.164. The molecule has 1 rings (SSSR count). The van der Waals surface area contributed by atoms with Crippen molar-refractivity contribution in [1.29, 1.82) is 5.26 Å². The van der Waals surface area contributed by atoms with Crippen LogP contribution in [0, 0.1) is 23.2 Å². The van der Waals surface area contributed by atoms with Crippen LogP contribution in [0.5, 0.6) is 0 Å². The third-order valence-electron chi connectivity index (χ3n) is 2.87. The van der Waals surface area contributed by atoms with E-state index in [1.54, 1.807) is 0 Å². The van der Waals surface area contributed by atoms with Crippen LogP contribution in [0.15, 0.2) is 0 Å². The van der Waals surface area contributed by atoms with E-state index in [0.717, 1.165) is 0 Å². The molecule has 13 heavy (non-hydrogen) atoms. The molecule has 1 heterocycles. The highest BCUT2D eigenvalue weighted by molar-refractivity contribution is 5.84. The molecule has 0 saturated carbocycles. The lowest BCUT2D eigenvalue weighted by Crippen LogP contribution is -2.26. The highest BCUT2D eigenvalue weighted by atomic mass is 16.5. The summed E-state index contributed by atoms with van der Waals surface area (Å²) in [5.41, 5.74) is 0. The lowest BCUT2D eigenvalue weighted by molar-refractivity contribution is -0.124. The molecular formula is C10H15NO2. The van der Waals surface area contributed by atoms with Gasteiger partial charge in [0.25, 0.3) is 0 Å². The molecule has 0 spiro atoms. The van der Waals surface area contributed by atoms with Crippen LogP contribution in [0.2, 0.25) is 0 Å². The number of rotatable bonds is 2. The molecule has 4 atom stereocenters. The molecule has 1 fully saturated rings. The molecule has 1 saturated heterocycles. The minimum atomic E-state index is -0.0883. The SMILES string of the molecule is CC1OC(C)C(C(=O)CC#N)C1C. The largest absolute Gasteiger partial charge is 0.375 e. The second-order valence-corrected chi connectivity index (χ2v) is 3.73. The highest BCUT2D eigenvalue weighted by Crippen LogP contribution is 2.33. The van der Waals surface area contributed by atoms with Crippen LogP contribution >= 0.6 is 0 Å². The predicted octanol–water partition coefficient (Wildman–Crippen LogP) is 1.53. The molecule has 0 bridgehead atoms. The van der Waals surface area contributed by atoms with E-state index in [1.807, 2.05) is 26.8 Å². The smallest absolute Gasteiger partial charge is 0.152 e. The molecule has 0 aromatic rings. The fraction of sp³-hybridized carbons (Fsp3) is 0.800. The number of nitriles is 1. The summed E-state index contributed by atoms with van der Waals surface area (Å²) in [6.45, 7) is 5.88. The van der Waals surface area contributed by atoms with Gasteiger partial charge in [-0.1, -0.05) is 6.92 Å². The van der Waals surface area contributed by atoms with Crippen molar-refractivity contribution in [2.45, 2.75) is 39.4 Å². The first kappa shape index (κ1) is 10.2. The molecule has 0 N–H and O–H groups in total. The van der Waals surface area contributed by atoms with Gasteiger partial charge in [-0.15, -0.1) is 0 Å². The second kappa shape index (κ2) is 3.89. The minimum absolute atomic E-state index is 0.00935. The number of ether oxygens (including phenoxy) is 1. The standard InChI is InChI=1S/C10H15NO2/c1-6-7(2)13-8(3)10(6)9(12)4-5-11/h6-8,10H,4H2,1-3H3.